The van der Waals surface area contributed by atoms with Crippen molar-refractivity contribution in [1.29, 1.82) is 0 Å². The van der Waals surface area contributed by atoms with Crippen LogP contribution in [0.5, 0.6) is 0 Å². The summed E-state index contributed by atoms with van der Waals surface area (Å²) in [7, 11) is 0. The molecular formula is C17H16OS2. The van der Waals surface area contributed by atoms with Gasteiger partial charge in [0, 0.05) is 15.4 Å². The summed E-state index contributed by atoms with van der Waals surface area (Å²) in [4.78, 5) is 14.4. The van der Waals surface area contributed by atoms with E-state index in [-0.39, 0.29) is 5.78 Å². The van der Waals surface area contributed by atoms with E-state index in [1.165, 1.54) is 4.90 Å². The summed E-state index contributed by atoms with van der Waals surface area (Å²) >= 11 is 3.38. The molecule has 102 valence electrons. The Bertz CT molecular complexity index is 598. The number of allylic oxidation sites excluding steroid dienone is 1. The molecule has 0 bridgehead atoms. The van der Waals surface area contributed by atoms with Gasteiger partial charge in [0.05, 0.1) is 0 Å². The zero-order valence-electron chi connectivity index (χ0n) is 11.5. The molecule has 0 heterocycles. The summed E-state index contributed by atoms with van der Waals surface area (Å²) in [5, 5.41) is 0. The Morgan fingerprint density at radius 1 is 0.850 bits per heavy atom. The summed E-state index contributed by atoms with van der Waals surface area (Å²) in [6.45, 7) is 0. The van der Waals surface area contributed by atoms with Crippen LogP contribution in [-0.4, -0.2) is 18.3 Å². The van der Waals surface area contributed by atoms with E-state index in [1.807, 2.05) is 55.0 Å². The van der Waals surface area contributed by atoms with Crippen molar-refractivity contribution in [3.05, 3.63) is 65.7 Å². The van der Waals surface area contributed by atoms with Crippen LogP contribution in [0.1, 0.15) is 15.9 Å². The van der Waals surface area contributed by atoms with Gasteiger partial charge in [-0.1, -0.05) is 18.2 Å². The molecule has 2 aromatic carbocycles. The average Bonchev–Trinajstić information content (AvgIpc) is 2.53. The van der Waals surface area contributed by atoms with Crippen LogP contribution in [-0.2, 0) is 0 Å². The molecule has 0 saturated heterocycles. The monoisotopic (exact) mass is 300 g/mol. The number of hydrogen-bond acceptors (Lipinski definition) is 3. The van der Waals surface area contributed by atoms with Gasteiger partial charge in [-0.3, -0.25) is 4.79 Å². The van der Waals surface area contributed by atoms with Crippen molar-refractivity contribution in [3.63, 3.8) is 0 Å². The Morgan fingerprint density at radius 2 is 1.35 bits per heavy atom. The van der Waals surface area contributed by atoms with Crippen LogP contribution < -0.4 is 0 Å². The predicted octanol–water partition coefficient (Wildman–Crippen LogP) is 5.03. The molecule has 0 N–H and O–H groups in total. The van der Waals surface area contributed by atoms with Crippen molar-refractivity contribution in [2.45, 2.75) is 9.79 Å². The fourth-order valence-electron chi connectivity index (χ4n) is 1.74. The maximum absolute atomic E-state index is 12.0. The molecule has 3 heteroatoms. The number of carbonyl (C=O) groups is 1. The third kappa shape index (κ3) is 4.02. The van der Waals surface area contributed by atoms with Gasteiger partial charge in [-0.05, 0) is 60.5 Å². The van der Waals surface area contributed by atoms with Gasteiger partial charge < -0.3 is 0 Å². The highest BCUT2D eigenvalue weighted by molar-refractivity contribution is 7.98. The van der Waals surface area contributed by atoms with Gasteiger partial charge in [0.15, 0.2) is 5.78 Å². The predicted molar refractivity (Wildman–Crippen MR) is 89.8 cm³/mol. The number of hydrogen-bond donors (Lipinski definition) is 0. The molecular weight excluding hydrogens is 284 g/mol. The van der Waals surface area contributed by atoms with E-state index in [9.17, 15) is 4.79 Å². The first-order valence-electron chi connectivity index (χ1n) is 6.23. The highest BCUT2D eigenvalue weighted by Crippen LogP contribution is 2.17. The van der Waals surface area contributed by atoms with Crippen LogP contribution in [0.4, 0.5) is 0 Å². The van der Waals surface area contributed by atoms with Crippen LogP contribution in [0.3, 0.4) is 0 Å². The summed E-state index contributed by atoms with van der Waals surface area (Å²) in [6.07, 6.45) is 7.55. The molecule has 0 aliphatic carbocycles. The molecule has 20 heavy (non-hydrogen) atoms. The third-order valence-corrected chi connectivity index (χ3v) is 4.40. The van der Waals surface area contributed by atoms with E-state index in [2.05, 4.69) is 12.1 Å². The van der Waals surface area contributed by atoms with Crippen LogP contribution >= 0.6 is 23.5 Å². The van der Waals surface area contributed by atoms with Crippen LogP contribution in [0.2, 0.25) is 0 Å². The largest absolute Gasteiger partial charge is 0.289 e. The number of carbonyl (C=O) groups excluding carboxylic acids is 1. The van der Waals surface area contributed by atoms with E-state index in [1.54, 1.807) is 29.6 Å². The quantitative estimate of drug-likeness (QED) is 0.438. The van der Waals surface area contributed by atoms with Gasteiger partial charge in [0.1, 0.15) is 0 Å². The molecule has 2 rings (SSSR count). The minimum atomic E-state index is 0.0339. The van der Waals surface area contributed by atoms with Crippen molar-refractivity contribution < 1.29 is 4.79 Å². The lowest BCUT2D eigenvalue weighted by atomic mass is 10.1. The molecule has 0 atom stereocenters. The second kappa shape index (κ2) is 7.36. The smallest absolute Gasteiger partial charge is 0.185 e. The Balaban J connectivity index is 2.07. The highest BCUT2D eigenvalue weighted by Gasteiger charge is 2.01. The van der Waals surface area contributed by atoms with Gasteiger partial charge in [0.2, 0.25) is 0 Å². The van der Waals surface area contributed by atoms with Crippen LogP contribution in [0.15, 0.2) is 64.4 Å². The third-order valence-electron chi connectivity index (χ3n) is 2.92. The first-order chi connectivity index (χ1) is 9.72. The van der Waals surface area contributed by atoms with Crippen LogP contribution in [0.25, 0.3) is 6.08 Å². The van der Waals surface area contributed by atoms with Crippen molar-refractivity contribution in [2.75, 3.05) is 12.5 Å². The van der Waals surface area contributed by atoms with E-state index in [4.69, 9.17) is 0 Å². The molecule has 0 aliphatic heterocycles. The minimum absolute atomic E-state index is 0.0339. The fraction of sp³-hybridized carbons (Fsp3) is 0.118. The molecule has 0 aliphatic rings. The number of rotatable bonds is 5. The van der Waals surface area contributed by atoms with Crippen molar-refractivity contribution in [2.24, 2.45) is 0 Å². The first kappa shape index (κ1) is 14.9. The van der Waals surface area contributed by atoms with Crippen molar-refractivity contribution in [3.8, 4) is 0 Å². The second-order valence-electron chi connectivity index (χ2n) is 4.20. The Hall–Kier alpha value is -1.45. The molecule has 0 amide bonds. The lowest BCUT2D eigenvalue weighted by Crippen LogP contribution is -1.93. The standard InChI is InChI=1S/C17H16OS2/c1-19-15-8-3-13(4-9-15)5-12-17(18)14-6-10-16(20-2)11-7-14/h3-12H,1-2H3. The summed E-state index contributed by atoms with van der Waals surface area (Å²) < 4.78 is 0. The highest BCUT2D eigenvalue weighted by atomic mass is 32.2. The van der Waals surface area contributed by atoms with Crippen molar-refractivity contribution >= 4 is 35.4 Å². The fourth-order valence-corrected chi connectivity index (χ4v) is 2.55. The lowest BCUT2D eigenvalue weighted by molar-refractivity contribution is 0.104. The number of benzene rings is 2. The van der Waals surface area contributed by atoms with Crippen molar-refractivity contribution in [1.82, 2.24) is 0 Å². The maximum atomic E-state index is 12.0. The van der Waals surface area contributed by atoms with Gasteiger partial charge in [-0.15, -0.1) is 23.5 Å². The van der Waals surface area contributed by atoms with Crippen LogP contribution in [0, 0.1) is 0 Å². The Labute approximate surface area is 128 Å². The normalized spacial score (nSPS) is 10.9. The maximum Gasteiger partial charge on any atom is 0.185 e. The second-order valence-corrected chi connectivity index (χ2v) is 5.96. The number of ketones is 1. The zero-order valence-corrected chi connectivity index (χ0v) is 13.1. The Morgan fingerprint density at radius 3 is 1.85 bits per heavy atom. The van der Waals surface area contributed by atoms with E-state index >= 15 is 0 Å². The van der Waals surface area contributed by atoms with E-state index < -0.39 is 0 Å². The first-order valence-corrected chi connectivity index (χ1v) is 8.68. The van der Waals surface area contributed by atoms with E-state index in [0.29, 0.717) is 0 Å². The topological polar surface area (TPSA) is 17.1 Å². The lowest BCUT2D eigenvalue weighted by Gasteiger charge is -1.99. The molecule has 1 nitrogen and oxygen atoms in total. The molecule has 0 saturated carbocycles. The van der Waals surface area contributed by atoms with E-state index in [0.717, 1.165) is 16.0 Å². The molecule has 0 unspecified atom stereocenters. The zero-order chi connectivity index (χ0) is 14.4. The average molecular weight is 300 g/mol. The molecule has 0 aromatic heterocycles. The van der Waals surface area contributed by atoms with Gasteiger partial charge in [0.25, 0.3) is 0 Å². The molecule has 0 spiro atoms. The number of thioether (sulfide) groups is 2. The molecule has 0 fully saturated rings. The Kier molecular flexibility index (Phi) is 5.50. The summed E-state index contributed by atoms with van der Waals surface area (Å²) in [5.41, 5.74) is 1.76. The SMILES string of the molecule is CSc1ccc(C=CC(=O)c2ccc(SC)cc2)cc1. The summed E-state index contributed by atoms with van der Waals surface area (Å²) in [6, 6.07) is 15.8. The summed E-state index contributed by atoms with van der Waals surface area (Å²) in [5.74, 6) is 0.0339. The molecule has 2 aromatic rings. The van der Waals surface area contributed by atoms with Gasteiger partial charge in [-0.2, -0.15) is 0 Å². The minimum Gasteiger partial charge on any atom is -0.289 e. The molecule has 0 radical (unpaired) electrons. The van der Waals surface area contributed by atoms with Gasteiger partial charge in [-0.25, -0.2) is 0 Å². The van der Waals surface area contributed by atoms with Gasteiger partial charge >= 0.3 is 0 Å².